The van der Waals surface area contributed by atoms with E-state index in [9.17, 15) is 13.6 Å². The Morgan fingerprint density at radius 1 is 1.08 bits per heavy atom. The Morgan fingerprint density at radius 3 is 2.21 bits per heavy atom. The van der Waals surface area contributed by atoms with Crippen LogP contribution in [0.5, 0.6) is 5.75 Å². The third-order valence-corrected chi connectivity index (χ3v) is 3.46. The second-order valence-corrected chi connectivity index (χ2v) is 4.76. The van der Waals surface area contributed by atoms with E-state index in [1.54, 1.807) is 35.9 Å². The van der Waals surface area contributed by atoms with E-state index < -0.39 is 17.5 Å². The van der Waals surface area contributed by atoms with E-state index in [0.717, 1.165) is 12.1 Å². The SMILES string of the molecule is CC.COc1ccc(-n2cc(C(N)=O)c3cc(F)c(F)cc32)cc1. The van der Waals surface area contributed by atoms with Gasteiger partial charge in [0.25, 0.3) is 5.91 Å². The maximum atomic E-state index is 13.5. The average molecular weight is 332 g/mol. The minimum atomic E-state index is -1.03. The Labute approximate surface area is 138 Å². The highest BCUT2D eigenvalue weighted by molar-refractivity contribution is 6.06. The maximum absolute atomic E-state index is 13.5. The molecule has 0 fully saturated rings. The number of carbonyl (C=O) groups excluding carboxylic acids is 1. The number of nitrogens with zero attached hydrogens (tertiary/aromatic N) is 1. The van der Waals surface area contributed by atoms with Gasteiger partial charge in [0.1, 0.15) is 5.75 Å². The molecule has 0 aliphatic heterocycles. The van der Waals surface area contributed by atoms with Crippen LogP contribution in [0.15, 0.2) is 42.6 Å². The fourth-order valence-electron chi connectivity index (χ4n) is 2.37. The molecule has 0 radical (unpaired) electrons. The second-order valence-electron chi connectivity index (χ2n) is 4.76. The Balaban J connectivity index is 0.00000100. The van der Waals surface area contributed by atoms with Crippen LogP contribution in [-0.2, 0) is 0 Å². The summed E-state index contributed by atoms with van der Waals surface area (Å²) >= 11 is 0. The normalized spacial score (nSPS) is 10.2. The Bertz CT molecular complexity index is 871. The molecule has 0 unspecified atom stereocenters. The molecule has 1 heterocycles. The van der Waals surface area contributed by atoms with Crippen molar-refractivity contribution in [3.8, 4) is 11.4 Å². The van der Waals surface area contributed by atoms with Crippen LogP contribution in [0.3, 0.4) is 0 Å². The van der Waals surface area contributed by atoms with Crippen LogP contribution >= 0.6 is 0 Å². The lowest BCUT2D eigenvalue weighted by molar-refractivity contribution is 0.100. The summed E-state index contributed by atoms with van der Waals surface area (Å²) in [6.07, 6.45) is 1.47. The van der Waals surface area contributed by atoms with Gasteiger partial charge in [0.2, 0.25) is 0 Å². The third kappa shape index (κ3) is 3.08. The number of halogens is 2. The van der Waals surface area contributed by atoms with E-state index in [-0.39, 0.29) is 10.9 Å². The van der Waals surface area contributed by atoms with Crippen LogP contribution < -0.4 is 10.5 Å². The highest BCUT2D eigenvalue weighted by Crippen LogP contribution is 2.27. The molecule has 0 saturated heterocycles. The number of benzene rings is 2. The predicted octanol–water partition coefficient (Wildman–Crippen LogP) is 4.04. The highest BCUT2D eigenvalue weighted by Gasteiger charge is 2.17. The van der Waals surface area contributed by atoms with Crippen molar-refractivity contribution in [2.45, 2.75) is 13.8 Å². The molecule has 3 rings (SSSR count). The minimum Gasteiger partial charge on any atom is -0.497 e. The average Bonchev–Trinajstić information content (AvgIpc) is 2.96. The maximum Gasteiger partial charge on any atom is 0.250 e. The first-order valence-electron chi connectivity index (χ1n) is 7.45. The van der Waals surface area contributed by atoms with Gasteiger partial charge in [0.05, 0.1) is 18.2 Å². The van der Waals surface area contributed by atoms with E-state index in [2.05, 4.69) is 0 Å². The first-order chi connectivity index (χ1) is 11.5. The minimum absolute atomic E-state index is 0.129. The Kier molecular flexibility index (Phi) is 5.18. The number of hydrogen-bond donors (Lipinski definition) is 1. The quantitative estimate of drug-likeness (QED) is 0.787. The lowest BCUT2D eigenvalue weighted by Gasteiger charge is -2.07. The van der Waals surface area contributed by atoms with Crippen LogP contribution in [0.4, 0.5) is 8.78 Å². The van der Waals surface area contributed by atoms with Crippen LogP contribution in [0, 0.1) is 11.6 Å². The van der Waals surface area contributed by atoms with Gasteiger partial charge in [0, 0.05) is 23.3 Å². The lowest BCUT2D eigenvalue weighted by atomic mass is 10.1. The molecular formula is C18H18F2N2O2. The van der Waals surface area contributed by atoms with Gasteiger partial charge in [-0.3, -0.25) is 4.79 Å². The van der Waals surface area contributed by atoms with Crippen LogP contribution in [0.1, 0.15) is 24.2 Å². The smallest absolute Gasteiger partial charge is 0.250 e. The molecule has 1 aromatic heterocycles. The standard InChI is InChI=1S/C16H12F2N2O2.C2H6/c1-22-10-4-2-9(3-5-10)20-8-12(16(19)21)11-6-13(17)14(18)7-15(11)20;1-2/h2-8H,1H3,(H2,19,21);1-2H3. The number of carbonyl (C=O) groups is 1. The zero-order valence-corrected chi connectivity index (χ0v) is 13.6. The summed E-state index contributed by atoms with van der Waals surface area (Å²) in [5, 5.41) is 0.266. The van der Waals surface area contributed by atoms with Crippen molar-refractivity contribution in [2.75, 3.05) is 7.11 Å². The molecular weight excluding hydrogens is 314 g/mol. The number of amides is 1. The molecule has 2 aromatic carbocycles. The predicted molar refractivity (Wildman–Crippen MR) is 89.6 cm³/mol. The number of aromatic nitrogens is 1. The third-order valence-electron chi connectivity index (χ3n) is 3.46. The fraction of sp³-hybridized carbons (Fsp3) is 0.167. The van der Waals surface area contributed by atoms with Crippen molar-refractivity contribution in [3.05, 3.63) is 59.8 Å². The molecule has 0 aliphatic rings. The zero-order chi connectivity index (χ0) is 17.9. The molecule has 2 N–H and O–H groups in total. The Hall–Kier alpha value is -2.89. The van der Waals surface area contributed by atoms with Gasteiger partial charge in [-0.15, -0.1) is 0 Å². The van der Waals surface area contributed by atoms with Crippen molar-refractivity contribution in [1.82, 2.24) is 4.57 Å². The van der Waals surface area contributed by atoms with Gasteiger partial charge in [-0.25, -0.2) is 8.78 Å². The summed E-state index contributed by atoms with van der Waals surface area (Å²) < 4.78 is 33.7. The summed E-state index contributed by atoms with van der Waals surface area (Å²) in [6.45, 7) is 4.00. The fourth-order valence-corrected chi connectivity index (χ4v) is 2.37. The number of nitrogens with two attached hydrogens (primary N) is 1. The lowest BCUT2D eigenvalue weighted by Crippen LogP contribution is -2.10. The van der Waals surface area contributed by atoms with Crippen molar-refractivity contribution in [3.63, 3.8) is 0 Å². The molecule has 0 atom stereocenters. The second kappa shape index (κ2) is 7.12. The van der Waals surface area contributed by atoms with Gasteiger partial charge in [-0.1, -0.05) is 13.8 Å². The zero-order valence-electron chi connectivity index (χ0n) is 13.6. The molecule has 3 aromatic rings. The van der Waals surface area contributed by atoms with E-state index in [1.165, 1.54) is 6.20 Å². The van der Waals surface area contributed by atoms with Gasteiger partial charge in [-0.2, -0.15) is 0 Å². The number of hydrogen-bond acceptors (Lipinski definition) is 2. The number of ether oxygens (including phenoxy) is 1. The highest BCUT2D eigenvalue weighted by atomic mass is 19.2. The molecule has 126 valence electrons. The summed E-state index contributed by atoms with van der Waals surface area (Å²) in [4.78, 5) is 11.5. The molecule has 1 amide bonds. The van der Waals surface area contributed by atoms with E-state index in [0.29, 0.717) is 17.0 Å². The van der Waals surface area contributed by atoms with E-state index in [1.807, 2.05) is 13.8 Å². The molecule has 6 heteroatoms. The molecule has 0 spiro atoms. The van der Waals surface area contributed by atoms with Crippen molar-refractivity contribution in [2.24, 2.45) is 5.73 Å². The summed E-state index contributed by atoms with van der Waals surface area (Å²) in [6, 6.07) is 8.96. The largest absolute Gasteiger partial charge is 0.497 e. The molecule has 0 aliphatic carbocycles. The number of primary amides is 1. The van der Waals surface area contributed by atoms with Crippen LogP contribution in [0.2, 0.25) is 0 Å². The monoisotopic (exact) mass is 332 g/mol. The van der Waals surface area contributed by atoms with Gasteiger partial charge in [-0.05, 0) is 30.3 Å². The van der Waals surface area contributed by atoms with Crippen LogP contribution in [-0.4, -0.2) is 17.6 Å². The van der Waals surface area contributed by atoms with Gasteiger partial charge >= 0.3 is 0 Å². The van der Waals surface area contributed by atoms with Gasteiger partial charge < -0.3 is 15.0 Å². The van der Waals surface area contributed by atoms with Crippen molar-refractivity contribution in [1.29, 1.82) is 0 Å². The molecule has 0 saturated carbocycles. The number of fused-ring (bicyclic) bond motifs is 1. The topological polar surface area (TPSA) is 57.2 Å². The number of methoxy groups -OCH3 is 1. The summed E-state index contributed by atoms with van der Waals surface area (Å²) in [5.41, 5.74) is 6.48. The van der Waals surface area contributed by atoms with E-state index >= 15 is 0 Å². The van der Waals surface area contributed by atoms with Gasteiger partial charge in [0.15, 0.2) is 11.6 Å². The van der Waals surface area contributed by atoms with E-state index in [4.69, 9.17) is 10.5 Å². The first kappa shape index (κ1) is 17.5. The molecule has 0 bridgehead atoms. The van der Waals surface area contributed by atoms with Crippen LogP contribution in [0.25, 0.3) is 16.6 Å². The Morgan fingerprint density at radius 2 is 1.67 bits per heavy atom. The molecule has 4 nitrogen and oxygen atoms in total. The van der Waals surface area contributed by atoms with Crippen molar-refractivity contribution < 1.29 is 18.3 Å². The van der Waals surface area contributed by atoms with Crippen molar-refractivity contribution >= 4 is 16.8 Å². The summed E-state index contributed by atoms with van der Waals surface area (Å²) in [7, 11) is 1.55. The molecule has 24 heavy (non-hydrogen) atoms. The summed E-state index contributed by atoms with van der Waals surface area (Å²) in [5.74, 6) is -2.06. The first-order valence-corrected chi connectivity index (χ1v) is 7.45. The number of rotatable bonds is 3.